The summed E-state index contributed by atoms with van der Waals surface area (Å²) in [6, 6.07) is 48.0. The normalized spacial score (nSPS) is 12.1. The molecule has 0 bridgehead atoms. The third-order valence-electron chi connectivity index (χ3n) is 20.6. The van der Waals surface area contributed by atoms with E-state index in [0.717, 1.165) is 28.9 Å². The first kappa shape index (κ1) is 74.9. The number of benzene rings is 7. The molecule has 0 fully saturated rings. The molecule has 0 unspecified atom stereocenters. The van der Waals surface area contributed by atoms with E-state index in [2.05, 4.69) is 224 Å². The lowest BCUT2D eigenvalue weighted by Crippen LogP contribution is -2.23. The average Bonchev–Trinajstić information content (AvgIpc) is 1.59. The summed E-state index contributed by atoms with van der Waals surface area (Å²) in [6.07, 6.45) is 41.2. The maximum Gasteiger partial charge on any atom is 0.164 e. The van der Waals surface area contributed by atoms with Gasteiger partial charge in [-0.05, 0) is 216 Å². The molecule has 0 spiro atoms. The van der Waals surface area contributed by atoms with Gasteiger partial charge < -0.3 is 0 Å². The Balaban J connectivity index is 0.000000209. The third-order valence-corrected chi connectivity index (χ3v) is 20.6. The van der Waals surface area contributed by atoms with Crippen molar-refractivity contribution in [2.75, 3.05) is 0 Å². The predicted molar refractivity (Wildman–Crippen MR) is 411 cm³/mol. The second-order valence-corrected chi connectivity index (χ2v) is 28.7. The molecule has 0 saturated carbocycles. The number of aryl methyl sites for hydroxylation is 13. The third kappa shape index (κ3) is 22.3. The SMILES string of the molecule is CCCCCCCCCCCCc1ccc(-c2nc(-c3ccc(C)cc3)nc(-c3ccc(C)cc3)n2)cc1.CCCCCCc1cc(C)c(CCCCCC)cc1C.CCCCCCc1cc(CCCCCC)cc(C2(C)c3cc(C)c(C)cc3-c3cc(C)c(C)cc32)c1. The van der Waals surface area contributed by atoms with Gasteiger partial charge in [-0.1, -0.05) is 308 Å². The molecular weight excluding hydrogens is 1140 g/mol. The molecule has 7 aromatic carbocycles. The van der Waals surface area contributed by atoms with Gasteiger partial charge in [0.2, 0.25) is 0 Å². The topological polar surface area (TPSA) is 38.7 Å². The van der Waals surface area contributed by atoms with E-state index >= 15 is 0 Å². The summed E-state index contributed by atoms with van der Waals surface area (Å²) >= 11 is 0. The molecule has 1 heterocycles. The van der Waals surface area contributed by atoms with E-state index in [1.54, 1.807) is 11.1 Å². The molecule has 9 rings (SSSR count). The van der Waals surface area contributed by atoms with Gasteiger partial charge in [0, 0.05) is 22.1 Å². The van der Waals surface area contributed by atoms with Gasteiger partial charge in [-0.15, -0.1) is 0 Å². The Hall–Kier alpha value is -6.45. The number of hydrogen-bond acceptors (Lipinski definition) is 3. The van der Waals surface area contributed by atoms with Gasteiger partial charge in [0.25, 0.3) is 0 Å². The zero-order valence-electron chi connectivity index (χ0n) is 61.9. The van der Waals surface area contributed by atoms with E-state index in [1.165, 1.54) is 282 Å². The van der Waals surface area contributed by atoms with Gasteiger partial charge in [-0.2, -0.15) is 0 Å². The van der Waals surface area contributed by atoms with Gasteiger partial charge in [-0.3, -0.25) is 0 Å². The first-order chi connectivity index (χ1) is 45.6. The Morgan fingerprint density at radius 1 is 0.266 bits per heavy atom. The highest BCUT2D eigenvalue weighted by Gasteiger charge is 2.42. The molecule has 0 saturated heterocycles. The Morgan fingerprint density at radius 3 is 0.904 bits per heavy atom. The summed E-state index contributed by atoms with van der Waals surface area (Å²) in [5.74, 6) is 2.14. The lowest BCUT2D eigenvalue weighted by molar-refractivity contribution is 0.556. The number of fused-ring (bicyclic) bond motifs is 3. The maximum atomic E-state index is 4.88. The zero-order chi connectivity index (χ0) is 67.2. The van der Waals surface area contributed by atoms with Crippen molar-refractivity contribution in [1.82, 2.24) is 15.0 Å². The molecule has 0 amide bonds. The molecule has 0 atom stereocenters. The molecule has 0 aliphatic heterocycles. The van der Waals surface area contributed by atoms with Gasteiger partial charge in [-0.25, -0.2) is 15.0 Å². The van der Waals surface area contributed by atoms with Gasteiger partial charge in [0.15, 0.2) is 17.5 Å². The van der Waals surface area contributed by atoms with Crippen molar-refractivity contribution < 1.29 is 0 Å². The summed E-state index contributed by atoms with van der Waals surface area (Å²) in [7, 11) is 0. The van der Waals surface area contributed by atoms with Crippen LogP contribution in [0.4, 0.5) is 0 Å². The van der Waals surface area contributed by atoms with Gasteiger partial charge in [0.1, 0.15) is 0 Å². The fraction of sp³-hybridized carbons (Fsp3) is 0.505. The number of unbranched alkanes of at least 4 members (excludes halogenated alkanes) is 21. The summed E-state index contributed by atoms with van der Waals surface area (Å²) in [5, 5.41) is 0. The summed E-state index contributed by atoms with van der Waals surface area (Å²) in [4.78, 5) is 14.6. The fourth-order valence-electron chi connectivity index (χ4n) is 14.0. The molecule has 94 heavy (non-hydrogen) atoms. The van der Waals surface area contributed by atoms with Crippen molar-refractivity contribution in [3.05, 3.63) is 216 Å². The van der Waals surface area contributed by atoms with E-state index in [4.69, 9.17) is 15.0 Å². The van der Waals surface area contributed by atoms with Crippen molar-refractivity contribution in [2.24, 2.45) is 0 Å². The molecule has 1 aliphatic carbocycles. The van der Waals surface area contributed by atoms with Crippen LogP contribution in [0, 0.1) is 55.4 Å². The summed E-state index contributed by atoms with van der Waals surface area (Å²) in [5.41, 5.74) is 29.0. The highest BCUT2D eigenvalue weighted by Crippen LogP contribution is 2.54. The number of hydrogen-bond donors (Lipinski definition) is 0. The monoisotopic (exact) mass is 1260 g/mol. The van der Waals surface area contributed by atoms with Crippen LogP contribution < -0.4 is 0 Å². The second-order valence-electron chi connectivity index (χ2n) is 28.7. The van der Waals surface area contributed by atoms with E-state index in [9.17, 15) is 0 Å². The van der Waals surface area contributed by atoms with Crippen molar-refractivity contribution >= 4 is 0 Å². The van der Waals surface area contributed by atoms with Crippen LogP contribution in [0.15, 0.2) is 127 Å². The number of aromatic nitrogens is 3. The number of rotatable bonds is 35. The highest BCUT2D eigenvalue weighted by molar-refractivity contribution is 5.85. The minimum absolute atomic E-state index is 0.112. The van der Waals surface area contributed by atoms with E-state index in [0.29, 0.717) is 11.6 Å². The largest absolute Gasteiger partial charge is 0.208 e. The van der Waals surface area contributed by atoms with Gasteiger partial charge >= 0.3 is 0 Å². The standard InChI is InChI=1S/C36H48.C35H43N3.C20H34/c1-8-10-12-14-16-29-22-30(17-15-13-11-9-2)24-31(23-29)36(7)34-20-27(5)25(3)18-32(34)33-19-26(4)28(6)21-35(33)36;1-4-5-6-7-8-9-10-11-12-13-14-29-19-25-32(26-20-29)35-37-33(30-21-15-27(2)16-22-30)36-34(38-35)31-23-17-28(3)18-24-31;1-5-7-9-11-13-19-15-18(4)20(16-17(19)3)14-12-10-8-6-2/h18-24H,8-17H2,1-7H3;15-26H,4-14H2,1-3H3;15-16H,5-14H2,1-4H3. The smallest absolute Gasteiger partial charge is 0.164 e. The van der Waals surface area contributed by atoms with Crippen molar-refractivity contribution in [3.63, 3.8) is 0 Å². The van der Waals surface area contributed by atoms with Crippen molar-refractivity contribution in [1.29, 1.82) is 0 Å². The highest BCUT2D eigenvalue weighted by atomic mass is 15.0. The second kappa shape index (κ2) is 39.6. The van der Waals surface area contributed by atoms with Crippen LogP contribution in [0.2, 0.25) is 0 Å². The fourth-order valence-corrected chi connectivity index (χ4v) is 14.0. The van der Waals surface area contributed by atoms with Crippen LogP contribution in [0.5, 0.6) is 0 Å². The van der Waals surface area contributed by atoms with E-state index in [1.807, 2.05) is 0 Å². The Morgan fingerprint density at radius 2 is 0.553 bits per heavy atom. The zero-order valence-corrected chi connectivity index (χ0v) is 61.9. The lowest BCUT2D eigenvalue weighted by Gasteiger charge is -2.30. The van der Waals surface area contributed by atoms with Crippen LogP contribution in [0.3, 0.4) is 0 Å². The average molecular weight is 1260 g/mol. The summed E-state index contributed by atoms with van der Waals surface area (Å²) < 4.78 is 0. The Kier molecular flexibility index (Phi) is 31.5. The molecule has 504 valence electrons. The maximum absolute atomic E-state index is 4.88. The molecular formula is C91H125N3. The van der Waals surface area contributed by atoms with E-state index in [-0.39, 0.29) is 5.41 Å². The molecule has 0 radical (unpaired) electrons. The predicted octanol–water partition coefficient (Wildman–Crippen LogP) is 27.0. The molecule has 8 aromatic rings. The van der Waals surface area contributed by atoms with Gasteiger partial charge in [0.05, 0.1) is 0 Å². The minimum Gasteiger partial charge on any atom is -0.208 e. The first-order valence-electron chi connectivity index (χ1n) is 38.1. The minimum atomic E-state index is -0.112. The van der Waals surface area contributed by atoms with Crippen LogP contribution in [0.1, 0.15) is 297 Å². The Labute approximate surface area is 574 Å². The lowest BCUT2D eigenvalue weighted by atomic mass is 9.72. The van der Waals surface area contributed by atoms with Crippen molar-refractivity contribution in [2.45, 2.75) is 301 Å². The quantitative estimate of drug-likeness (QED) is 0.0372. The molecule has 3 heteroatoms. The van der Waals surface area contributed by atoms with Crippen LogP contribution in [0.25, 0.3) is 45.3 Å². The molecule has 3 nitrogen and oxygen atoms in total. The molecule has 1 aromatic heterocycles. The first-order valence-corrected chi connectivity index (χ1v) is 38.1. The molecule has 1 aliphatic rings. The molecule has 0 N–H and O–H groups in total. The number of nitrogens with zero attached hydrogens (tertiary/aromatic N) is 3. The van der Waals surface area contributed by atoms with Crippen LogP contribution in [-0.4, -0.2) is 15.0 Å². The Bertz CT molecular complexity index is 3340. The van der Waals surface area contributed by atoms with Crippen LogP contribution >= 0.6 is 0 Å². The van der Waals surface area contributed by atoms with E-state index < -0.39 is 0 Å². The summed E-state index contributed by atoms with van der Waals surface area (Å²) in [6.45, 7) is 31.8. The van der Waals surface area contributed by atoms with Crippen LogP contribution in [-0.2, 0) is 37.5 Å². The van der Waals surface area contributed by atoms with Crippen molar-refractivity contribution in [3.8, 4) is 45.3 Å².